The number of rotatable bonds is 7. The third-order valence-electron chi connectivity index (χ3n) is 3.85. The molecule has 3 rings (SSSR count). The van der Waals surface area contributed by atoms with Gasteiger partial charge < -0.3 is 20.3 Å². The van der Waals surface area contributed by atoms with Gasteiger partial charge in [0.2, 0.25) is 0 Å². The van der Waals surface area contributed by atoms with Crippen LogP contribution in [-0.2, 0) is 4.79 Å². The lowest BCUT2D eigenvalue weighted by Gasteiger charge is -2.10. The van der Waals surface area contributed by atoms with Crippen molar-refractivity contribution >= 4 is 16.7 Å². The maximum absolute atomic E-state index is 10.8. The second kappa shape index (κ2) is 7.68. The Morgan fingerprint density at radius 2 is 1.48 bits per heavy atom. The summed E-state index contributed by atoms with van der Waals surface area (Å²) in [5, 5.41) is 11.2. The summed E-state index contributed by atoms with van der Waals surface area (Å²) in [6.45, 7) is 0.798. The highest BCUT2D eigenvalue weighted by Crippen LogP contribution is 2.21. The number of ether oxygens (including phenoxy) is 2. The van der Waals surface area contributed by atoms with Gasteiger partial charge in [-0.15, -0.1) is 0 Å². The van der Waals surface area contributed by atoms with Crippen molar-refractivity contribution in [1.82, 2.24) is 0 Å². The van der Waals surface area contributed by atoms with Crippen molar-refractivity contribution in [3.63, 3.8) is 0 Å². The monoisotopic (exact) mass is 337 g/mol. The van der Waals surface area contributed by atoms with E-state index >= 15 is 0 Å². The summed E-state index contributed by atoms with van der Waals surface area (Å²) < 4.78 is 11.3. The Kier molecular flexibility index (Phi) is 5.16. The number of carboxylic acid groups (broad SMARTS) is 1. The molecule has 0 aromatic heterocycles. The van der Waals surface area contributed by atoms with E-state index in [0.717, 1.165) is 11.1 Å². The van der Waals surface area contributed by atoms with E-state index in [9.17, 15) is 4.79 Å². The summed E-state index contributed by atoms with van der Waals surface area (Å²) in [4.78, 5) is 10.8. The van der Waals surface area contributed by atoms with E-state index in [2.05, 4.69) is 6.07 Å². The fourth-order valence-electron chi connectivity index (χ4n) is 2.49. The molecule has 0 radical (unpaired) electrons. The third kappa shape index (κ3) is 4.28. The average Bonchev–Trinajstić information content (AvgIpc) is 2.65. The zero-order valence-electron chi connectivity index (χ0n) is 13.6. The Labute approximate surface area is 145 Å². The molecule has 0 spiro atoms. The molecular formula is C20H19NO4. The van der Waals surface area contributed by atoms with E-state index in [-0.39, 0.29) is 0 Å². The van der Waals surface area contributed by atoms with Crippen molar-refractivity contribution in [2.45, 2.75) is 6.04 Å². The van der Waals surface area contributed by atoms with Gasteiger partial charge in [0.15, 0.2) is 0 Å². The van der Waals surface area contributed by atoms with E-state index in [4.69, 9.17) is 20.3 Å². The van der Waals surface area contributed by atoms with Crippen LogP contribution in [0, 0.1) is 0 Å². The largest absolute Gasteiger partial charge is 0.490 e. The molecule has 3 aromatic rings. The quantitative estimate of drug-likeness (QED) is 0.646. The first-order valence-corrected chi connectivity index (χ1v) is 7.96. The second-order valence-corrected chi connectivity index (χ2v) is 5.59. The Morgan fingerprint density at radius 1 is 0.880 bits per heavy atom. The molecule has 0 aliphatic carbocycles. The molecular weight excluding hydrogens is 318 g/mol. The predicted molar refractivity (Wildman–Crippen MR) is 95.9 cm³/mol. The van der Waals surface area contributed by atoms with Crippen LogP contribution in [-0.4, -0.2) is 24.3 Å². The first kappa shape index (κ1) is 16.8. The first-order chi connectivity index (χ1) is 12.1. The van der Waals surface area contributed by atoms with Crippen LogP contribution < -0.4 is 15.2 Å². The van der Waals surface area contributed by atoms with E-state index in [1.54, 1.807) is 24.3 Å². The average molecular weight is 337 g/mol. The Bertz CT molecular complexity index is 861. The number of fused-ring (bicyclic) bond motifs is 1. The van der Waals surface area contributed by atoms with Gasteiger partial charge in [0, 0.05) is 0 Å². The van der Waals surface area contributed by atoms with E-state index < -0.39 is 12.0 Å². The third-order valence-corrected chi connectivity index (χ3v) is 3.85. The van der Waals surface area contributed by atoms with Gasteiger partial charge in [-0.25, -0.2) is 0 Å². The van der Waals surface area contributed by atoms with Crippen molar-refractivity contribution in [2.75, 3.05) is 13.2 Å². The van der Waals surface area contributed by atoms with E-state index in [0.29, 0.717) is 24.5 Å². The molecule has 0 heterocycles. The molecule has 0 aliphatic rings. The van der Waals surface area contributed by atoms with Crippen LogP contribution in [0.5, 0.6) is 11.5 Å². The van der Waals surface area contributed by atoms with Crippen molar-refractivity contribution in [3.8, 4) is 11.5 Å². The molecule has 1 atom stereocenters. The van der Waals surface area contributed by atoms with Gasteiger partial charge in [0.25, 0.3) is 0 Å². The minimum absolute atomic E-state index is 0.386. The van der Waals surface area contributed by atoms with Gasteiger partial charge in [-0.05, 0) is 40.6 Å². The smallest absolute Gasteiger partial charge is 0.325 e. The highest BCUT2D eigenvalue weighted by Gasteiger charge is 2.13. The van der Waals surface area contributed by atoms with E-state index in [1.807, 2.05) is 36.4 Å². The molecule has 5 nitrogen and oxygen atoms in total. The summed E-state index contributed by atoms with van der Waals surface area (Å²) in [6.07, 6.45) is 0. The number of aliphatic carboxylic acids is 1. The number of carboxylic acids is 1. The number of hydrogen-bond acceptors (Lipinski definition) is 4. The molecule has 3 aromatic carbocycles. The van der Waals surface area contributed by atoms with Gasteiger partial charge >= 0.3 is 5.97 Å². The van der Waals surface area contributed by atoms with Crippen molar-refractivity contribution in [1.29, 1.82) is 0 Å². The molecule has 3 N–H and O–H groups in total. The minimum atomic E-state index is -1.06. The highest BCUT2D eigenvalue weighted by atomic mass is 16.5. The molecule has 0 aliphatic heterocycles. The summed E-state index contributed by atoms with van der Waals surface area (Å²) in [7, 11) is 0. The maximum Gasteiger partial charge on any atom is 0.325 e. The molecule has 128 valence electrons. The van der Waals surface area contributed by atoms with E-state index in [1.165, 1.54) is 5.39 Å². The van der Waals surface area contributed by atoms with Gasteiger partial charge in [-0.1, -0.05) is 42.5 Å². The Hall–Kier alpha value is -3.05. The lowest BCUT2D eigenvalue weighted by molar-refractivity contribution is -0.138. The zero-order valence-corrected chi connectivity index (χ0v) is 13.6. The van der Waals surface area contributed by atoms with Crippen LogP contribution in [0.25, 0.3) is 10.8 Å². The summed E-state index contributed by atoms with van der Waals surface area (Å²) in [6, 6.07) is 19.7. The molecule has 0 saturated carbocycles. The van der Waals surface area contributed by atoms with Gasteiger partial charge in [-0.2, -0.15) is 0 Å². The number of hydrogen-bond donors (Lipinski definition) is 2. The molecule has 0 saturated heterocycles. The van der Waals surface area contributed by atoms with Crippen LogP contribution in [0.15, 0.2) is 66.7 Å². The molecule has 25 heavy (non-hydrogen) atoms. The molecule has 0 unspecified atom stereocenters. The van der Waals surface area contributed by atoms with Crippen molar-refractivity contribution in [3.05, 3.63) is 72.3 Å². The molecule has 5 heteroatoms. The normalized spacial score (nSPS) is 11.9. The van der Waals surface area contributed by atoms with Crippen LogP contribution in [0.3, 0.4) is 0 Å². The van der Waals surface area contributed by atoms with Crippen LogP contribution in [0.4, 0.5) is 0 Å². The van der Waals surface area contributed by atoms with Crippen molar-refractivity contribution < 1.29 is 19.4 Å². The van der Waals surface area contributed by atoms with Crippen LogP contribution >= 0.6 is 0 Å². The zero-order chi connectivity index (χ0) is 17.6. The van der Waals surface area contributed by atoms with Gasteiger partial charge in [-0.3, -0.25) is 4.79 Å². The number of carbonyl (C=O) groups is 1. The lowest BCUT2D eigenvalue weighted by atomic mass is 10.1. The highest BCUT2D eigenvalue weighted by molar-refractivity contribution is 5.83. The fraction of sp³-hybridized carbons (Fsp3) is 0.150. The molecule has 0 bridgehead atoms. The summed E-state index contributed by atoms with van der Waals surface area (Å²) in [5.41, 5.74) is 6.09. The maximum atomic E-state index is 10.8. The second-order valence-electron chi connectivity index (χ2n) is 5.59. The topological polar surface area (TPSA) is 81.8 Å². The van der Waals surface area contributed by atoms with Crippen LogP contribution in [0.1, 0.15) is 11.6 Å². The first-order valence-electron chi connectivity index (χ1n) is 7.96. The predicted octanol–water partition coefficient (Wildman–Crippen LogP) is 3.38. The fourth-order valence-corrected chi connectivity index (χ4v) is 2.49. The molecule has 0 fully saturated rings. The Balaban J connectivity index is 1.50. The molecule has 0 amide bonds. The van der Waals surface area contributed by atoms with Crippen LogP contribution in [0.2, 0.25) is 0 Å². The minimum Gasteiger partial charge on any atom is -0.490 e. The SMILES string of the molecule is N[C@H](C(=O)O)c1ccc(OCCOc2ccc3ccccc3c2)cc1. The summed E-state index contributed by atoms with van der Waals surface area (Å²) in [5.74, 6) is 0.381. The Morgan fingerprint density at radius 3 is 2.16 bits per heavy atom. The van der Waals surface area contributed by atoms with Crippen molar-refractivity contribution in [2.24, 2.45) is 5.73 Å². The lowest BCUT2D eigenvalue weighted by Crippen LogP contribution is -2.20. The van der Waals surface area contributed by atoms with Gasteiger partial charge in [0.1, 0.15) is 30.8 Å². The standard InChI is InChI=1S/C20H19NO4/c21-19(20(22)23)15-6-8-17(9-7-15)24-11-12-25-18-10-5-14-3-1-2-4-16(14)13-18/h1-10,13,19H,11-12,21H2,(H,22,23)/t19-/m0/s1. The number of benzene rings is 3. The number of nitrogens with two attached hydrogens (primary N) is 1. The summed E-state index contributed by atoms with van der Waals surface area (Å²) >= 11 is 0. The van der Waals surface area contributed by atoms with Gasteiger partial charge in [0.05, 0.1) is 0 Å².